The minimum atomic E-state index is -0.269. The van der Waals surface area contributed by atoms with Gasteiger partial charge in [-0.15, -0.1) is 0 Å². The molecule has 0 radical (unpaired) electrons. The van der Waals surface area contributed by atoms with Crippen LogP contribution < -0.4 is 0 Å². The number of hydrogen-bond donors (Lipinski definition) is 1. The lowest BCUT2D eigenvalue weighted by Crippen LogP contribution is -2.34. The lowest BCUT2D eigenvalue weighted by Gasteiger charge is -2.29. The Morgan fingerprint density at radius 1 is 1.36 bits per heavy atom. The number of likely N-dealkylation sites (tertiary alicyclic amines) is 1. The van der Waals surface area contributed by atoms with E-state index < -0.39 is 0 Å². The van der Waals surface area contributed by atoms with Crippen molar-refractivity contribution in [3.05, 3.63) is 35.5 Å². The number of nitrogens with zero attached hydrogens (tertiary/aromatic N) is 3. The van der Waals surface area contributed by atoms with Crippen molar-refractivity contribution >= 4 is 0 Å². The van der Waals surface area contributed by atoms with Crippen LogP contribution >= 0.6 is 0 Å². The fourth-order valence-electron chi connectivity index (χ4n) is 2.69. The lowest BCUT2D eigenvalue weighted by molar-refractivity contribution is 0.119. The summed E-state index contributed by atoms with van der Waals surface area (Å²) in [7, 11) is 0. The molecule has 118 valence electrons. The molecule has 0 atom stereocenters. The van der Waals surface area contributed by atoms with E-state index in [9.17, 15) is 4.39 Å². The first-order valence-electron chi connectivity index (χ1n) is 7.58. The van der Waals surface area contributed by atoms with Crippen LogP contribution in [-0.2, 0) is 6.54 Å². The number of aliphatic hydroxyl groups excluding tert-OH is 1. The van der Waals surface area contributed by atoms with Gasteiger partial charge in [0.2, 0.25) is 11.7 Å². The summed E-state index contributed by atoms with van der Waals surface area (Å²) in [4.78, 5) is 6.58. The molecule has 0 saturated carbocycles. The van der Waals surface area contributed by atoms with Gasteiger partial charge < -0.3 is 9.63 Å². The first-order chi connectivity index (χ1) is 10.7. The predicted octanol–water partition coefficient (Wildman–Crippen LogP) is 2.39. The summed E-state index contributed by atoms with van der Waals surface area (Å²) in [6.07, 6.45) is 1.97. The van der Waals surface area contributed by atoms with E-state index in [1.807, 2.05) is 0 Å². The van der Waals surface area contributed by atoms with Gasteiger partial charge in [0.05, 0.1) is 6.54 Å². The fraction of sp³-hybridized carbons (Fsp3) is 0.500. The molecule has 1 aromatic carbocycles. The van der Waals surface area contributed by atoms with Crippen molar-refractivity contribution in [2.24, 2.45) is 5.92 Å². The summed E-state index contributed by atoms with van der Waals surface area (Å²) in [6, 6.07) is 4.93. The molecule has 6 heteroatoms. The summed E-state index contributed by atoms with van der Waals surface area (Å²) >= 11 is 0. The standard InChI is InChI=1S/C16H20FN3O2/c1-11-2-3-13(8-14(11)17)16-18-15(22-19-16)9-20-6-4-12(10-21)5-7-20/h2-3,8,12,21H,4-7,9-10H2,1H3. The Kier molecular flexibility index (Phi) is 4.49. The SMILES string of the molecule is Cc1ccc(-c2noc(CN3CCC(CO)CC3)n2)cc1F. The van der Waals surface area contributed by atoms with Gasteiger partial charge in [-0.05, 0) is 50.4 Å². The smallest absolute Gasteiger partial charge is 0.241 e. The van der Waals surface area contributed by atoms with Crippen molar-refractivity contribution in [3.63, 3.8) is 0 Å². The monoisotopic (exact) mass is 305 g/mol. The van der Waals surface area contributed by atoms with Gasteiger partial charge in [0.1, 0.15) is 5.82 Å². The van der Waals surface area contributed by atoms with E-state index in [0.717, 1.165) is 25.9 Å². The van der Waals surface area contributed by atoms with Crippen molar-refractivity contribution in [3.8, 4) is 11.4 Å². The van der Waals surface area contributed by atoms with Crippen molar-refractivity contribution < 1.29 is 14.0 Å². The van der Waals surface area contributed by atoms with Gasteiger partial charge in [-0.25, -0.2) is 4.39 Å². The molecule has 2 aromatic rings. The molecular formula is C16H20FN3O2. The molecule has 3 rings (SSSR count). The number of rotatable bonds is 4. The van der Waals surface area contributed by atoms with Crippen molar-refractivity contribution in [1.82, 2.24) is 15.0 Å². The van der Waals surface area contributed by atoms with E-state index in [4.69, 9.17) is 9.63 Å². The highest BCUT2D eigenvalue weighted by atomic mass is 19.1. The third kappa shape index (κ3) is 3.34. The second kappa shape index (κ2) is 6.54. The average Bonchev–Trinajstić information content (AvgIpc) is 2.99. The Bertz CT molecular complexity index is 636. The highest BCUT2D eigenvalue weighted by Crippen LogP contribution is 2.21. The zero-order valence-corrected chi connectivity index (χ0v) is 12.6. The maximum absolute atomic E-state index is 13.6. The van der Waals surface area contributed by atoms with Gasteiger partial charge in [0, 0.05) is 12.2 Å². The van der Waals surface area contributed by atoms with Gasteiger partial charge >= 0.3 is 0 Å². The number of piperidine rings is 1. The highest BCUT2D eigenvalue weighted by Gasteiger charge is 2.20. The van der Waals surface area contributed by atoms with E-state index in [2.05, 4.69) is 15.0 Å². The Labute approximate surface area is 128 Å². The molecule has 0 bridgehead atoms. The molecule has 1 saturated heterocycles. The molecule has 0 amide bonds. The molecule has 1 fully saturated rings. The summed E-state index contributed by atoms with van der Waals surface area (Å²) in [6.45, 7) is 4.41. The number of halogens is 1. The Morgan fingerprint density at radius 2 is 2.14 bits per heavy atom. The average molecular weight is 305 g/mol. The molecule has 2 heterocycles. The third-order valence-corrected chi connectivity index (χ3v) is 4.22. The maximum atomic E-state index is 13.6. The largest absolute Gasteiger partial charge is 0.396 e. The van der Waals surface area contributed by atoms with Crippen LogP contribution in [0.1, 0.15) is 24.3 Å². The first-order valence-corrected chi connectivity index (χ1v) is 7.58. The van der Waals surface area contributed by atoms with E-state index in [-0.39, 0.29) is 12.4 Å². The number of aromatic nitrogens is 2. The van der Waals surface area contributed by atoms with E-state index in [0.29, 0.717) is 35.3 Å². The quantitative estimate of drug-likeness (QED) is 0.939. The Morgan fingerprint density at radius 3 is 2.82 bits per heavy atom. The van der Waals surface area contributed by atoms with Gasteiger partial charge in [0.25, 0.3) is 0 Å². The summed E-state index contributed by atoms with van der Waals surface area (Å²) in [5.41, 5.74) is 1.22. The van der Waals surface area contributed by atoms with Crippen molar-refractivity contribution in [2.75, 3.05) is 19.7 Å². The highest BCUT2D eigenvalue weighted by molar-refractivity contribution is 5.54. The molecular weight excluding hydrogens is 285 g/mol. The van der Waals surface area contributed by atoms with Crippen molar-refractivity contribution in [2.45, 2.75) is 26.3 Å². The number of aliphatic hydroxyl groups is 1. The normalized spacial score (nSPS) is 17.0. The van der Waals surface area contributed by atoms with Crippen LogP contribution in [0.2, 0.25) is 0 Å². The topological polar surface area (TPSA) is 62.4 Å². The lowest BCUT2D eigenvalue weighted by atomic mass is 9.98. The Balaban J connectivity index is 1.65. The molecule has 1 aliphatic rings. The molecule has 22 heavy (non-hydrogen) atoms. The molecule has 1 aromatic heterocycles. The van der Waals surface area contributed by atoms with Gasteiger partial charge in [-0.3, -0.25) is 4.90 Å². The van der Waals surface area contributed by atoms with E-state index in [1.54, 1.807) is 19.1 Å². The maximum Gasteiger partial charge on any atom is 0.241 e. The predicted molar refractivity (Wildman–Crippen MR) is 79.5 cm³/mol. The second-order valence-corrected chi connectivity index (χ2v) is 5.88. The van der Waals surface area contributed by atoms with Gasteiger partial charge in [-0.2, -0.15) is 4.98 Å². The Hall–Kier alpha value is -1.79. The zero-order chi connectivity index (χ0) is 15.5. The van der Waals surface area contributed by atoms with Gasteiger partial charge in [0.15, 0.2) is 0 Å². The van der Waals surface area contributed by atoms with Crippen LogP contribution in [0.4, 0.5) is 4.39 Å². The van der Waals surface area contributed by atoms with E-state index in [1.165, 1.54) is 6.07 Å². The zero-order valence-electron chi connectivity index (χ0n) is 12.6. The van der Waals surface area contributed by atoms with Crippen LogP contribution in [0.15, 0.2) is 22.7 Å². The molecule has 0 aliphatic carbocycles. The number of benzene rings is 1. The van der Waals surface area contributed by atoms with Gasteiger partial charge in [-0.1, -0.05) is 17.3 Å². The molecule has 1 N–H and O–H groups in total. The molecule has 0 unspecified atom stereocenters. The molecule has 0 spiro atoms. The first kappa shape index (κ1) is 15.1. The van der Waals surface area contributed by atoms with E-state index >= 15 is 0 Å². The van der Waals surface area contributed by atoms with Crippen molar-refractivity contribution in [1.29, 1.82) is 0 Å². The fourth-order valence-corrected chi connectivity index (χ4v) is 2.69. The summed E-state index contributed by atoms with van der Waals surface area (Å²) < 4.78 is 18.9. The summed E-state index contributed by atoms with van der Waals surface area (Å²) in [5.74, 6) is 1.09. The minimum Gasteiger partial charge on any atom is -0.396 e. The van der Waals surface area contributed by atoms with Crippen LogP contribution in [0.25, 0.3) is 11.4 Å². The van der Waals surface area contributed by atoms with Crippen LogP contribution in [0, 0.1) is 18.7 Å². The van der Waals surface area contributed by atoms with Crippen LogP contribution in [0.5, 0.6) is 0 Å². The van der Waals surface area contributed by atoms with Crippen LogP contribution in [0.3, 0.4) is 0 Å². The van der Waals surface area contributed by atoms with Crippen LogP contribution in [-0.4, -0.2) is 39.8 Å². The second-order valence-electron chi connectivity index (χ2n) is 5.88. The minimum absolute atomic E-state index is 0.261. The molecule has 5 nitrogen and oxygen atoms in total. The molecule has 1 aliphatic heterocycles. The number of hydrogen-bond acceptors (Lipinski definition) is 5. The summed E-state index contributed by atoms with van der Waals surface area (Å²) in [5, 5.41) is 13.1. The third-order valence-electron chi connectivity index (χ3n) is 4.22. The number of aryl methyl sites for hydroxylation is 1.